The molecule has 6 heteroatoms. The number of nitrogens with zero attached hydrogens (tertiary/aromatic N) is 1. The number of amides is 2. The molecule has 0 atom stereocenters. The number of rotatable bonds is 3. The van der Waals surface area contributed by atoms with Crippen LogP contribution in [0.2, 0.25) is 0 Å². The minimum Gasteiger partial charge on any atom is -0.345 e. The zero-order valence-corrected chi connectivity index (χ0v) is 12.6. The maximum atomic E-state index is 12.3. The Kier molecular flexibility index (Phi) is 4.54. The van der Waals surface area contributed by atoms with Gasteiger partial charge >= 0.3 is 0 Å². The highest BCUT2D eigenvalue weighted by atomic mass is 35.5. The molecule has 0 spiro atoms. The minimum absolute atomic E-state index is 0. The van der Waals surface area contributed by atoms with E-state index in [0.717, 1.165) is 18.5 Å². The molecule has 1 heterocycles. The number of fused-ring (bicyclic) bond motifs is 1. The van der Waals surface area contributed by atoms with Gasteiger partial charge in [-0.3, -0.25) is 9.59 Å². The third-order valence-electron chi connectivity index (χ3n) is 4.05. The predicted octanol–water partition coefficient (Wildman–Crippen LogP) is 0.995. The Bertz CT molecular complexity index is 558. The summed E-state index contributed by atoms with van der Waals surface area (Å²) in [5, 5.41) is 2.66. The third kappa shape index (κ3) is 3.19. The molecule has 3 N–H and O–H groups in total. The molecule has 1 aromatic carbocycles. The third-order valence-corrected chi connectivity index (χ3v) is 4.05. The van der Waals surface area contributed by atoms with E-state index < -0.39 is 5.54 Å². The number of hydrogen-bond acceptors (Lipinski definition) is 3. The molecule has 0 bridgehead atoms. The van der Waals surface area contributed by atoms with E-state index in [1.54, 1.807) is 4.90 Å². The number of aryl methyl sites for hydroxylation is 1. The van der Waals surface area contributed by atoms with Crippen molar-refractivity contribution in [1.82, 2.24) is 5.32 Å². The molecule has 0 saturated heterocycles. The maximum Gasteiger partial charge on any atom is 0.246 e. The van der Waals surface area contributed by atoms with Crippen molar-refractivity contribution in [2.45, 2.75) is 31.2 Å². The Morgan fingerprint density at radius 3 is 2.71 bits per heavy atom. The van der Waals surface area contributed by atoms with Crippen molar-refractivity contribution in [3.63, 3.8) is 0 Å². The largest absolute Gasteiger partial charge is 0.345 e. The molecule has 1 saturated carbocycles. The quantitative estimate of drug-likeness (QED) is 0.874. The van der Waals surface area contributed by atoms with Gasteiger partial charge in [-0.25, -0.2) is 0 Å². The second kappa shape index (κ2) is 6.03. The molecule has 0 aromatic heterocycles. The highest BCUT2D eigenvalue weighted by molar-refractivity contribution is 5.99. The average molecular weight is 310 g/mol. The van der Waals surface area contributed by atoms with E-state index in [2.05, 4.69) is 5.32 Å². The molecule has 1 aromatic rings. The molecule has 1 aliphatic carbocycles. The average Bonchev–Trinajstić information content (AvgIpc) is 3.23. The first-order valence-corrected chi connectivity index (χ1v) is 7.06. The summed E-state index contributed by atoms with van der Waals surface area (Å²) in [5.74, 6) is -0.286. The predicted molar refractivity (Wildman–Crippen MR) is 83.5 cm³/mol. The van der Waals surface area contributed by atoms with Gasteiger partial charge < -0.3 is 16.0 Å². The summed E-state index contributed by atoms with van der Waals surface area (Å²) in [6, 6.07) is 7.92. The number of carbonyl (C=O) groups is 2. The van der Waals surface area contributed by atoms with Crippen molar-refractivity contribution >= 4 is 29.9 Å². The zero-order chi connectivity index (χ0) is 14.2. The van der Waals surface area contributed by atoms with E-state index in [9.17, 15) is 9.59 Å². The monoisotopic (exact) mass is 309 g/mol. The van der Waals surface area contributed by atoms with E-state index in [1.807, 2.05) is 24.3 Å². The SMILES string of the molecule is Cl.NC1(C(=O)NCC(=O)N2CCCc3ccccc32)CC1. The highest BCUT2D eigenvalue weighted by Crippen LogP contribution is 2.32. The number of halogens is 1. The summed E-state index contributed by atoms with van der Waals surface area (Å²) in [5.41, 5.74) is 7.23. The molecule has 114 valence electrons. The molecule has 3 rings (SSSR count). The summed E-state index contributed by atoms with van der Waals surface area (Å²) in [6.45, 7) is 0.728. The molecular weight excluding hydrogens is 290 g/mol. The van der Waals surface area contributed by atoms with Crippen LogP contribution in [0, 0.1) is 0 Å². The number of nitrogens with two attached hydrogens (primary N) is 1. The molecular formula is C15H20ClN3O2. The van der Waals surface area contributed by atoms with E-state index in [1.165, 1.54) is 5.56 Å². The van der Waals surface area contributed by atoms with Gasteiger partial charge in [0.05, 0.1) is 12.1 Å². The van der Waals surface area contributed by atoms with Crippen LogP contribution in [0.4, 0.5) is 5.69 Å². The summed E-state index contributed by atoms with van der Waals surface area (Å²) in [6.07, 6.45) is 3.37. The molecule has 0 unspecified atom stereocenters. The van der Waals surface area contributed by atoms with Crippen molar-refractivity contribution < 1.29 is 9.59 Å². The van der Waals surface area contributed by atoms with Crippen molar-refractivity contribution in [2.24, 2.45) is 5.73 Å². The lowest BCUT2D eigenvalue weighted by Gasteiger charge is -2.29. The number of nitrogens with one attached hydrogen (secondary N) is 1. The lowest BCUT2D eigenvalue weighted by atomic mass is 10.0. The number of para-hydroxylation sites is 1. The van der Waals surface area contributed by atoms with Crippen LogP contribution in [0.25, 0.3) is 0 Å². The second-order valence-corrected chi connectivity index (χ2v) is 5.62. The van der Waals surface area contributed by atoms with Gasteiger partial charge in [0.25, 0.3) is 0 Å². The van der Waals surface area contributed by atoms with Gasteiger partial charge in [-0.1, -0.05) is 18.2 Å². The summed E-state index contributed by atoms with van der Waals surface area (Å²) >= 11 is 0. The van der Waals surface area contributed by atoms with Gasteiger partial charge in [0, 0.05) is 12.2 Å². The van der Waals surface area contributed by atoms with Gasteiger partial charge in [-0.05, 0) is 37.3 Å². The Hall–Kier alpha value is -1.59. The van der Waals surface area contributed by atoms with Crippen LogP contribution in [0.3, 0.4) is 0 Å². The Labute approximate surface area is 130 Å². The second-order valence-electron chi connectivity index (χ2n) is 5.62. The Morgan fingerprint density at radius 1 is 1.29 bits per heavy atom. The first kappa shape index (κ1) is 15.8. The van der Waals surface area contributed by atoms with Gasteiger partial charge in [0.2, 0.25) is 11.8 Å². The van der Waals surface area contributed by atoms with Crippen LogP contribution >= 0.6 is 12.4 Å². The van der Waals surface area contributed by atoms with Gasteiger partial charge in [-0.15, -0.1) is 12.4 Å². The molecule has 5 nitrogen and oxygen atoms in total. The van der Waals surface area contributed by atoms with Crippen molar-refractivity contribution in [1.29, 1.82) is 0 Å². The number of hydrogen-bond donors (Lipinski definition) is 2. The number of carbonyl (C=O) groups excluding carboxylic acids is 2. The van der Waals surface area contributed by atoms with E-state index in [-0.39, 0.29) is 30.8 Å². The van der Waals surface area contributed by atoms with Crippen LogP contribution in [0.5, 0.6) is 0 Å². The van der Waals surface area contributed by atoms with Crippen LogP contribution in [-0.4, -0.2) is 30.4 Å². The lowest BCUT2D eigenvalue weighted by molar-refractivity contribution is -0.126. The first-order valence-electron chi connectivity index (χ1n) is 7.06. The Morgan fingerprint density at radius 2 is 2.00 bits per heavy atom. The fourth-order valence-electron chi connectivity index (χ4n) is 2.58. The molecule has 1 fully saturated rings. The number of benzene rings is 1. The summed E-state index contributed by atoms with van der Waals surface area (Å²) in [4.78, 5) is 25.8. The van der Waals surface area contributed by atoms with E-state index in [4.69, 9.17) is 5.73 Å². The summed E-state index contributed by atoms with van der Waals surface area (Å²) < 4.78 is 0. The standard InChI is InChI=1S/C15H19N3O2.ClH/c16-15(7-8-15)14(20)17-10-13(19)18-9-3-5-11-4-1-2-6-12(11)18;/h1-2,4,6H,3,5,7-10,16H2,(H,17,20);1H. The van der Waals surface area contributed by atoms with E-state index in [0.29, 0.717) is 19.4 Å². The highest BCUT2D eigenvalue weighted by Gasteiger charge is 2.45. The van der Waals surface area contributed by atoms with Crippen molar-refractivity contribution in [3.8, 4) is 0 Å². The van der Waals surface area contributed by atoms with Crippen molar-refractivity contribution in [3.05, 3.63) is 29.8 Å². The molecule has 21 heavy (non-hydrogen) atoms. The molecule has 2 amide bonds. The van der Waals surface area contributed by atoms with Crippen molar-refractivity contribution in [2.75, 3.05) is 18.0 Å². The topological polar surface area (TPSA) is 75.4 Å². The van der Waals surface area contributed by atoms with Gasteiger partial charge in [0.15, 0.2) is 0 Å². The first-order chi connectivity index (χ1) is 9.60. The molecule has 2 aliphatic rings. The lowest BCUT2D eigenvalue weighted by Crippen LogP contribution is -2.48. The molecule has 0 radical (unpaired) electrons. The van der Waals surface area contributed by atoms with Crippen LogP contribution < -0.4 is 16.0 Å². The summed E-state index contributed by atoms with van der Waals surface area (Å²) in [7, 11) is 0. The normalized spacial score (nSPS) is 18.2. The fraction of sp³-hybridized carbons (Fsp3) is 0.467. The van der Waals surface area contributed by atoms with Gasteiger partial charge in [-0.2, -0.15) is 0 Å². The van der Waals surface area contributed by atoms with Crippen LogP contribution in [0.15, 0.2) is 24.3 Å². The minimum atomic E-state index is -0.722. The molecule has 1 aliphatic heterocycles. The van der Waals surface area contributed by atoms with Gasteiger partial charge in [0.1, 0.15) is 0 Å². The fourth-order valence-corrected chi connectivity index (χ4v) is 2.58. The Balaban J connectivity index is 0.00000161. The van der Waals surface area contributed by atoms with Crippen LogP contribution in [0.1, 0.15) is 24.8 Å². The van der Waals surface area contributed by atoms with Crippen LogP contribution in [-0.2, 0) is 16.0 Å². The van der Waals surface area contributed by atoms with E-state index >= 15 is 0 Å². The zero-order valence-electron chi connectivity index (χ0n) is 11.8. The smallest absolute Gasteiger partial charge is 0.246 e. The number of anilines is 1. The maximum absolute atomic E-state index is 12.3.